The summed E-state index contributed by atoms with van der Waals surface area (Å²) in [5.41, 5.74) is 1.83. The van der Waals surface area contributed by atoms with E-state index in [1.165, 1.54) is 23.5 Å². The molecule has 0 saturated heterocycles. The highest BCUT2D eigenvalue weighted by molar-refractivity contribution is 7.80. The summed E-state index contributed by atoms with van der Waals surface area (Å²) >= 11 is 6.60. The lowest BCUT2D eigenvalue weighted by atomic mass is 10.0. The Morgan fingerprint density at radius 3 is 2.58 bits per heavy atom. The van der Waals surface area contributed by atoms with Crippen LogP contribution in [-0.2, 0) is 4.74 Å². The number of thiocarbonyl (C=S) groups is 1. The molecule has 1 aromatic carbocycles. The normalized spacial score (nSPS) is 10.5. The number of benzene rings is 1. The molecule has 1 aromatic heterocycles. The molecule has 0 amide bonds. The lowest BCUT2D eigenvalue weighted by Gasteiger charge is -2.13. The Bertz CT molecular complexity index is 727. The molecular weight excluding hydrogens is 347 g/mol. The topological polar surface area (TPSA) is 50.4 Å². The van der Waals surface area contributed by atoms with Gasteiger partial charge in [-0.15, -0.1) is 11.3 Å². The number of anilines is 1. The molecule has 0 aliphatic carbocycles. The van der Waals surface area contributed by atoms with Gasteiger partial charge in [-0.2, -0.15) is 0 Å². The maximum Gasteiger partial charge on any atom is 0.341 e. The van der Waals surface area contributed by atoms with Crippen molar-refractivity contribution in [3.05, 3.63) is 41.0 Å². The van der Waals surface area contributed by atoms with Crippen molar-refractivity contribution in [2.75, 3.05) is 11.9 Å². The molecule has 0 atom stereocenters. The first-order valence-corrected chi connectivity index (χ1v) is 8.83. The van der Waals surface area contributed by atoms with Crippen LogP contribution in [-0.4, -0.2) is 23.7 Å². The first kappa shape index (κ1) is 18.4. The zero-order chi connectivity index (χ0) is 17.7. The Morgan fingerprint density at radius 2 is 2.00 bits per heavy atom. The highest BCUT2D eigenvalue weighted by atomic mass is 32.1. The minimum absolute atomic E-state index is 0.174. The van der Waals surface area contributed by atoms with Crippen LogP contribution in [0.3, 0.4) is 0 Å². The molecule has 0 aliphatic rings. The van der Waals surface area contributed by atoms with Crippen LogP contribution in [0.1, 0.15) is 31.1 Å². The van der Waals surface area contributed by atoms with E-state index >= 15 is 0 Å². The third-order valence-electron chi connectivity index (χ3n) is 3.07. The van der Waals surface area contributed by atoms with Crippen molar-refractivity contribution in [1.82, 2.24) is 5.32 Å². The van der Waals surface area contributed by atoms with Crippen LogP contribution in [0.25, 0.3) is 11.1 Å². The number of carbonyl (C=O) groups excluding carboxylic acids is 1. The first-order chi connectivity index (χ1) is 11.4. The second-order valence-electron chi connectivity index (χ2n) is 5.33. The van der Waals surface area contributed by atoms with Gasteiger partial charge in [-0.05, 0) is 50.7 Å². The maximum atomic E-state index is 13.2. The third kappa shape index (κ3) is 4.52. The van der Waals surface area contributed by atoms with E-state index in [4.69, 9.17) is 17.0 Å². The lowest BCUT2D eigenvalue weighted by molar-refractivity contribution is 0.0529. The SMILES string of the molecule is CCOC(=O)c1c(-c2ccc(F)cc2)csc1NC(=S)NC(C)C. The second-order valence-corrected chi connectivity index (χ2v) is 6.62. The number of ether oxygens (including phenoxy) is 1. The summed E-state index contributed by atoms with van der Waals surface area (Å²) in [6.45, 7) is 5.96. The number of hydrogen-bond donors (Lipinski definition) is 2. The van der Waals surface area contributed by atoms with Crippen molar-refractivity contribution in [3.63, 3.8) is 0 Å². The van der Waals surface area contributed by atoms with Crippen molar-refractivity contribution in [3.8, 4) is 11.1 Å². The quantitative estimate of drug-likeness (QED) is 0.606. The summed E-state index contributed by atoms with van der Waals surface area (Å²) in [5.74, 6) is -0.764. The van der Waals surface area contributed by atoms with Crippen LogP contribution < -0.4 is 10.6 Å². The first-order valence-electron chi connectivity index (χ1n) is 7.54. The van der Waals surface area contributed by atoms with E-state index in [1.54, 1.807) is 19.1 Å². The smallest absolute Gasteiger partial charge is 0.341 e. The number of hydrogen-bond acceptors (Lipinski definition) is 4. The van der Waals surface area contributed by atoms with E-state index in [1.807, 2.05) is 19.2 Å². The van der Waals surface area contributed by atoms with Gasteiger partial charge in [-0.25, -0.2) is 9.18 Å². The molecule has 0 radical (unpaired) electrons. The van der Waals surface area contributed by atoms with Gasteiger partial charge in [0.2, 0.25) is 0 Å². The Hall–Kier alpha value is -1.99. The molecule has 2 aromatic rings. The van der Waals surface area contributed by atoms with Gasteiger partial charge in [0.05, 0.1) is 6.61 Å². The fourth-order valence-electron chi connectivity index (χ4n) is 2.10. The number of esters is 1. The highest BCUT2D eigenvalue weighted by Gasteiger charge is 2.22. The zero-order valence-electron chi connectivity index (χ0n) is 13.7. The van der Waals surface area contributed by atoms with Gasteiger partial charge >= 0.3 is 5.97 Å². The van der Waals surface area contributed by atoms with Gasteiger partial charge in [0, 0.05) is 17.0 Å². The number of thiophene rings is 1. The molecule has 2 N–H and O–H groups in total. The molecular formula is C17H19FN2O2S2. The number of rotatable bonds is 5. The summed E-state index contributed by atoms with van der Waals surface area (Å²) in [6.07, 6.45) is 0. The molecule has 128 valence electrons. The number of nitrogens with one attached hydrogen (secondary N) is 2. The highest BCUT2D eigenvalue weighted by Crippen LogP contribution is 2.36. The molecule has 0 spiro atoms. The molecule has 0 saturated carbocycles. The van der Waals surface area contributed by atoms with E-state index in [-0.39, 0.29) is 18.5 Å². The summed E-state index contributed by atoms with van der Waals surface area (Å²) < 4.78 is 18.3. The Morgan fingerprint density at radius 1 is 1.33 bits per heavy atom. The van der Waals surface area contributed by atoms with Crippen LogP contribution in [0.15, 0.2) is 29.6 Å². The Balaban J connectivity index is 2.39. The van der Waals surface area contributed by atoms with Crippen LogP contribution >= 0.6 is 23.6 Å². The summed E-state index contributed by atoms with van der Waals surface area (Å²) in [5, 5.41) is 8.99. The Kier molecular flexibility index (Phi) is 6.28. The average Bonchev–Trinajstić information content (AvgIpc) is 2.91. The van der Waals surface area contributed by atoms with Crippen molar-refractivity contribution < 1.29 is 13.9 Å². The maximum absolute atomic E-state index is 13.2. The molecule has 24 heavy (non-hydrogen) atoms. The van der Waals surface area contributed by atoms with Crippen molar-refractivity contribution in [1.29, 1.82) is 0 Å². The minimum Gasteiger partial charge on any atom is -0.462 e. The van der Waals surface area contributed by atoms with Crippen LogP contribution in [0.5, 0.6) is 0 Å². The van der Waals surface area contributed by atoms with Gasteiger partial charge in [-0.1, -0.05) is 12.1 Å². The predicted octanol–water partition coefficient (Wildman–Crippen LogP) is 4.43. The fourth-order valence-corrected chi connectivity index (χ4v) is 3.46. The van der Waals surface area contributed by atoms with E-state index < -0.39 is 5.97 Å². The minimum atomic E-state index is -0.437. The largest absolute Gasteiger partial charge is 0.462 e. The molecule has 1 heterocycles. The second kappa shape index (κ2) is 8.21. The zero-order valence-corrected chi connectivity index (χ0v) is 15.3. The average molecular weight is 366 g/mol. The van der Waals surface area contributed by atoms with E-state index in [0.29, 0.717) is 21.2 Å². The standard InChI is InChI=1S/C17H19FN2O2S2/c1-4-22-16(21)14-13(11-5-7-12(18)8-6-11)9-24-15(14)20-17(23)19-10(2)3/h5-10H,4H2,1-3H3,(H2,19,20,23). The van der Waals surface area contributed by atoms with Gasteiger partial charge in [0.1, 0.15) is 16.4 Å². The lowest BCUT2D eigenvalue weighted by Crippen LogP contribution is -2.34. The van der Waals surface area contributed by atoms with Gasteiger partial charge < -0.3 is 15.4 Å². The molecule has 0 aliphatic heterocycles. The summed E-state index contributed by atoms with van der Waals surface area (Å²) in [4.78, 5) is 12.4. The van der Waals surface area contributed by atoms with Crippen LogP contribution in [0, 0.1) is 5.82 Å². The van der Waals surface area contributed by atoms with Crippen LogP contribution in [0.2, 0.25) is 0 Å². The monoisotopic (exact) mass is 366 g/mol. The molecule has 0 bridgehead atoms. The summed E-state index contributed by atoms with van der Waals surface area (Å²) in [7, 11) is 0. The van der Waals surface area contributed by atoms with E-state index in [0.717, 1.165) is 5.56 Å². The molecule has 0 unspecified atom stereocenters. The number of halogens is 1. The van der Waals surface area contributed by atoms with Crippen molar-refractivity contribution in [2.45, 2.75) is 26.8 Å². The van der Waals surface area contributed by atoms with E-state index in [9.17, 15) is 9.18 Å². The summed E-state index contributed by atoms with van der Waals surface area (Å²) in [6, 6.07) is 6.16. The predicted molar refractivity (Wildman–Crippen MR) is 100 cm³/mol. The third-order valence-corrected chi connectivity index (χ3v) is 4.19. The van der Waals surface area contributed by atoms with Crippen molar-refractivity contribution >= 4 is 39.6 Å². The molecule has 7 heteroatoms. The Labute approximate surface area is 150 Å². The van der Waals surface area contributed by atoms with Gasteiger partial charge in [-0.3, -0.25) is 0 Å². The molecule has 4 nitrogen and oxygen atoms in total. The van der Waals surface area contributed by atoms with Crippen LogP contribution in [0.4, 0.5) is 9.39 Å². The van der Waals surface area contributed by atoms with E-state index in [2.05, 4.69) is 10.6 Å². The fraction of sp³-hybridized carbons (Fsp3) is 0.294. The van der Waals surface area contributed by atoms with Crippen molar-refractivity contribution in [2.24, 2.45) is 0 Å². The molecule has 2 rings (SSSR count). The number of carbonyl (C=O) groups is 1. The van der Waals surface area contributed by atoms with Gasteiger partial charge in [0.15, 0.2) is 5.11 Å². The van der Waals surface area contributed by atoms with Gasteiger partial charge in [0.25, 0.3) is 0 Å². The molecule has 0 fully saturated rings.